The van der Waals surface area contributed by atoms with Crippen LogP contribution < -0.4 is 16.3 Å². The number of imidazole rings is 1. The van der Waals surface area contributed by atoms with Crippen LogP contribution in [0.15, 0.2) is 23.0 Å². The number of amides is 2. The molecule has 25 heavy (non-hydrogen) atoms. The molecule has 0 saturated heterocycles. The molecule has 0 aliphatic carbocycles. The van der Waals surface area contributed by atoms with Gasteiger partial charge in [-0.3, -0.25) is 14.4 Å². The van der Waals surface area contributed by atoms with Crippen molar-refractivity contribution in [1.82, 2.24) is 15.3 Å². The predicted octanol–water partition coefficient (Wildman–Crippen LogP) is -0.917. The summed E-state index contributed by atoms with van der Waals surface area (Å²) in [6.45, 7) is 1.13. The Morgan fingerprint density at radius 2 is 1.92 bits per heavy atom. The molecule has 2 rings (SSSR count). The summed E-state index contributed by atoms with van der Waals surface area (Å²) < 4.78 is 4.76. The first-order valence-corrected chi connectivity index (χ1v) is 7.54. The number of H-pyrrole nitrogens is 2. The summed E-state index contributed by atoms with van der Waals surface area (Å²) in [6, 6.07) is 4.56. The number of nitrogens with one attached hydrogen (secondary N) is 4. The second-order valence-electron chi connectivity index (χ2n) is 5.03. The number of aliphatic hydroxyl groups is 1. The molecule has 0 radical (unpaired) electrons. The number of ether oxygens (including phenoxy) is 1. The van der Waals surface area contributed by atoms with Crippen molar-refractivity contribution in [3.8, 4) is 0 Å². The fourth-order valence-electron chi connectivity index (χ4n) is 2.16. The lowest BCUT2D eigenvalue weighted by molar-refractivity contribution is -0.154. The minimum absolute atomic E-state index is 0.00639. The highest BCUT2D eigenvalue weighted by Crippen LogP contribution is 2.16. The van der Waals surface area contributed by atoms with Crippen LogP contribution in [-0.4, -0.2) is 52.6 Å². The lowest BCUT2D eigenvalue weighted by atomic mass is 10.1. The molecule has 1 aromatic carbocycles. The normalized spacial score (nSPS) is 11.8. The van der Waals surface area contributed by atoms with Crippen molar-refractivity contribution in [3.05, 3.63) is 28.7 Å². The average molecular weight is 350 g/mol. The molecule has 1 unspecified atom stereocenters. The maximum Gasteiger partial charge on any atom is 0.328 e. The summed E-state index contributed by atoms with van der Waals surface area (Å²) in [4.78, 5) is 52.7. The zero-order valence-electron chi connectivity index (χ0n) is 13.4. The van der Waals surface area contributed by atoms with Crippen LogP contribution in [0.5, 0.6) is 0 Å². The van der Waals surface area contributed by atoms with E-state index in [0.29, 0.717) is 11.0 Å². The Bertz CT molecular complexity index is 840. The van der Waals surface area contributed by atoms with Crippen LogP contribution >= 0.6 is 0 Å². The van der Waals surface area contributed by atoms with Gasteiger partial charge in [0.15, 0.2) is 0 Å². The fourth-order valence-corrected chi connectivity index (χ4v) is 2.16. The van der Waals surface area contributed by atoms with E-state index in [0.717, 1.165) is 0 Å². The average Bonchev–Trinajstić information content (AvgIpc) is 2.92. The van der Waals surface area contributed by atoms with Crippen LogP contribution in [0.4, 0.5) is 5.69 Å². The Labute approximate surface area is 141 Å². The number of esters is 1. The van der Waals surface area contributed by atoms with E-state index in [2.05, 4.69) is 20.6 Å². The van der Waals surface area contributed by atoms with E-state index in [9.17, 15) is 19.2 Å². The number of anilines is 1. The van der Waals surface area contributed by atoms with Crippen LogP contribution in [0, 0.1) is 5.92 Å². The van der Waals surface area contributed by atoms with Crippen molar-refractivity contribution in [2.75, 3.05) is 25.1 Å². The van der Waals surface area contributed by atoms with Crippen molar-refractivity contribution in [2.45, 2.75) is 6.92 Å². The molecule has 0 spiro atoms. The number of hydrogen-bond donors (Lipinski definition) is 5. The monoisotopic (exact) mass is 350 g/mol. The van der Waals surface area contributed by atoms with Gasteiger partial charge in [-0.25, -0.2) is 4.79 Å². The van der Waals surface area contributed by atoms with Gasteiger partial charge in [-0.2, -0.15) is 0 Å². The van der Waals surface area contributed by atoms with Crippen molar-refractivity contribution in [3.63, 3.8) is 0 Å². The molecule has 0 bridgehead atoms. The zero-order chi connectivity index (χ0) is 18.4. The summed E-state index contributed by atoms with van der Waals surface area (Å²) >= 11 is 0. The topological polar surface area (TPSA) is 153 Å². The summed E-state index contributed by atoms with van der Waals surface area (Å²) in [5.74, 6) is -4.47. The van der Waals surface area contributed by atoms with Crippen molar-refractivity contribution >= 4 is 34.5 Å². The highest BCUT2D eigenvalue weighted by atomic mass is 16.5. The molecule has 1 heterocycles. The highest BCUT2D eigenvalue weighted by Gasteiger charge is 2.35. The molecule has 0 aliphatic heterocycles. The van der Waals surface area contributed by atoms with Crippen LogP contribution in [0.25, 0.3) is 11.0 Å². The number of benzene rings is 1. The minimum Gasteiger partial charge on any atom is -0.465 e. The predicted molar refractivity (Wildman–Crippen MR) is 87.8 cm³/mol. The number of hydrogen-bond acceptors (Lipinski definition) is 6. The number of aromatic nitrogens is 2. The largest absolute Gasteiger partial charge is 0.465 e. The summed E-state index contributed by atoms with van der Waals surface area (Å²) in [7, 11) is 0. The molecule has 1 aromatic heterocycles. The lowest BCUT2D eigenvalue weighted by Crippen LogP contribution is -2.44. The van der Waals surface area contributed by atoms with Gasteiger partial charge in [0.2, 0.25) is 17.7 Å². The number of fused-ring (bicyclic) bond motifs is 1. The van der Waals surface area contributed by atoms with Crippen LogP contribution in [0.1, 0.15) is 6.92 Å². The van der Waals surface area contributed by atoms with E-state index in [1.165, 1.54) is 12.1 Å². The van der Waals surface area contributed by atoms with E-state index < -0.39 is 29.4 Å². The van der Waals surface area contributed by atoms with Gasteiger partial charge in [-0.15, -0.1) is 0 Å². The van der Waals surface area contributed by atoms with E-state index >= 15 is 0 Å². The summed E-state index contributed by atoms with van der Waals surface area (Å²) in [5, 5.41) is 13.5. The van der Waals surface area contributed by atoms with Crippen LogP contribution in [0.3, 0.4) is 0 Å². The zero-order valence-corrected chi connectivity index (χ0v) is 13.4. The van der Waals surface area contributed by atoms with Gasteiger partial charge in [0, 0.05) is 12.2 Å². The molecule has 2 aromatic rings. The van der Waals surface area contributed by atoms with E-state index in [4.69, 9.17) is 9.84 Å². The first-order chi connectivity index (χ1) is 12.0. The number of carbonyl (C=O) groups is 3. The standard InChI is InChI=1S/C15H18N4O6/c1-2-25-14(23)11(12(21)16-5-6-20)13(22)17-8-3-4-9-10(7-8)19-15(24)18-9/h3-4,7,11,20H,2,5-6H2,1H3,(H,16,21)(H,17,22)(H2,18,19,24). The van der Waals surface area contributed by atoms with Crippen LogP contribution in [0.2, 0.25) is 0 Å². The first kappa shape index (κ1) is 18.2. The molecule has 0 fully saturated rings. The van der Waals surface area contributed by atoms with Crippen molar-refractivity contribution < 1.29 is 24.2 Å². The highest BCUT2D eigenvalue weighted by molar-refractivity contribution is 6.19. The van der Waals surface area contributed by atoms with Gasteiger partial charge in [0.25, 0.3) is 0 Å². The second kappa shape index (κ2) is 8.11. The molecule has 10 heteroatoms. The molecule has 0 saturated carbocycles. The molecule has 0 aliphatic rings. The third kappa shape index (κ3) is 4.44. The SMILES string of the molecule is CCOC(=O)C(C(=O)NCCO)C(=O)Nc1ccc2[nH]c(=O)[nH]c2c1. The third-order valence-corrected chi connectivity index (χ3v) is 3.24. The molecular formula is C15H18N4O6. The Morgan fingerprint density at radius 1 is 1.20 bits per heavy atom. The van der Waals surface area contributed by atoms with Crippen molar-refractivity contribution in [2.24, 2.45) is 5.92 Å². The maximum absolute atomic E-state index is 12.4. The lowest BCUT2D eigenvalue weighted by Gasteiger charge is -2.15. The summed E-state index contributed by atoms with van der Waals surface area (Å²) in [6.07, 6.45) is 0. The molecule has 1 atom stereocenters. The number of rotatable bonds is 7. The Balaban J connectivity index is 2.19. The van der Waals surface area contributed by atoms with Gasteiger partial charge in [-0.1, -0.05) is 0 Å². The minimum atomic E-state index is -1.72. The fraction of sp³-hybridized carbons (Fsp3) is 0.333. The van der Waals surface area contributed by atoms with E-state index in [1.807, 2.05) is 0 Å². The number of aliphatic hydroxyl groups excluding tert-OH is 1. The van der Waals surface area contributed by atoms with Gasteiger partial charge in [0.05, 0.1) is 24.2 Å². The molecular weight excluding hydrogens is 332 g/mol. The number of carbonyl (C=O) groups excluding carboxylic acids is 3. The van der Waals surface area contributed by atoms with Gasteiger partial charge in [-0.05, 0) is 25.1 Å². The maximum atomic E-state index is 12.4. The van der Waals surface area contributed by atoms with Gasteiger partial charge >= 0.3 is 11.7 Å². The molecule has 134 valence electrons. The second-order valence-corrected chi connectivity index (χ2v) is 5.03. The Morgan fingerprint density at radius 3 is 2.60 bits per heavy atom. The van der Waals surface area contributed by atoms with Gasteiger partial charge < -0.3 is 30.4 Å². The smallest absolute Gasteiger partial charge is 0.328 e. The number of aromatic amines is 2. The quantitative estimate of drug-likeness (QED) is 0.321. The molecule has 10 nitrogen and oxygen atoms in total. The molecule has 2 amide bonds. The summed E-state index contributed by atoms with van der Waals surface area (Å²) in [5.41, 5.74) is 0.897. The van der Waals surface area contributed by atoms with Crippen LogP contribution in [-0.2, 0) is 19.1 Å². The van der Waals surface area contributed by atoms with E-state index in [1.54, 1.807) is 13.0 Å². The van der Waals surface area contributed by atoms with Crippen molar-refractivity contribution in [1.29, 1.82) is 0 Å². The Kier molecular flexibility index (Phi) is 5.90. The van der Waals surface area contributed by atoms with Gasteiger partial charge in [0.1, 0.15) is 0 Å². The first-order valence-electron chi connectivity index (χ1n) is 7.54. The van der Waals surface area contributed by atoms with E-state index in [-0.39, 0.29) is 25.4 Å². The Hall–Kier alpha value is -3.14. The molecule has 5 N–H and O–H groups in total. The third-order valence-electron chi connectivity index (χ3n) is 3.24.